The predicted molar refractivity (Wildman–Crippen MR) is 34.7 cm³/mol. The van der Waals surface area contributed by atoms with E-state index in [1.54, 1.807) is 0 Å². The van der Waals surface area contributed by atoms with E-state index in [9.17, 15) is 4.79 Å². The van der Waals surface area contributed by atoms with Crippen LogP contribution in [0.5, 0.6) is 0 Å². The van der Waals surface area contributed by atoms with Crippen LogP contribution in [-0.2, 0) is 0 Å². The second kappa shape index (κ2) is 2.88. The largest absolute Gasteiger partial charge is 0.465 e. The van der Waals surface area contributed by atoms with E-state index in [0.29, 0.717) is 18.4 Å². The van der Waals surface area contributed by atoms with Crippen molar-refractivity contribution in [2.24, 2.45) is 11.8 Å². The zero-order valence-electron chi connectivity index (χ0n) is 5.58. The Labute approximate surface area is 58.9 Å². The molecule has 0 aromatic rings. The maximum absolute atomic E-state index is 9.95. The Bertz CT molecular complexity index is 137. The van der Waals surface area contributed by atoms with Crippen LogP contribution in [0.4, 0.5) is 4.79 Å². The first-order valence-corrected chi connectivity index (χ1v) is 3.31. The minimum absolute atomic E-state index is 0.186. The van der Waals surface area contributed by atoms with E-state index in [-0.39, 0.29) is 6.61 Å². The number of aliphatic hydroxyl groups is 1. The summed E-state index contributed by atoms with van der Waals surface area (Å²) in [6, 6.07) is 0. The molecule has 4 heteroatoms. The third kappa shape index (κ3) is 1.88. The van der Waals surface area contributed by atoms with Gasteiger partial charge in [0.15, 0.2) is 0 Å². The molecule has 1 aliphatic rings. The van der Waals surface area contributed by atoms with Gasteiger partial charge in [0.05, 0.1) is 0 Å². The van der Waals surface area contributed by atoms with Crippen molar-refractivity contribution in [1.29, 1.82) is 0 Å². The fourth-order valence-electron chi connectivity index (χ4n) is 1.00. The number of amides is 1. The SMILES string of the molecule is O=C(O)NC[C@@H]1C[C@H]1CO. The fraction of sp³-hybridized carbons (Fsp3) is 0.833. The topological polar surface area (TPSA) is 69.6 Å². The molecule has 4 nitrogen and oxygen atoms in total. The molecule has 1 saturated carbocycles. The van der Waals surface area contributed by atoms with Crippen molar-refractivity contribution in [3.05, 3.63) is 0 Å². The normalized spacial score (nSPS) is 29.7. The fourth-order valence-corrected chi connectivity index (χ4v) is 1.00. The highest BCUT2D eigenvalue weighted by molar-refractivity contribution is 5.64. The lowest BCUT2D eigenvalue weighted by atomic mass is 10.3. The summed E-state index contributed by atoms with van der Waals surface area (Å²) in [5.74, 6) is 0.716. The van der Waals surface area contributed by atoms with Gasteiger partial charge in [-0.15, -0.1) is 0 Å². The average Bonchev–Trinajstić information content (AvgIpc) is 2.61. The summed E-state index contributed by atoms with van der Waals surface area (Å²) in [5, 5.41) is 19.0. The number of hydrogen-bond acceptors (Lipinski definition) is 2. The third-order valence-electron chi connectivity index (χ3n) is 1.82. The first kappa shape index (κ1) is 7.34. The molecule has 10 heavy (non-hydrogen) atoms. The second-order valence-electron chi connectivity index (χ2n) is 2.62. The standard InChI is InChI=1S/C6H11NO3/c8-3-5-1-4(5)2-7-6(9)10/h4-5,7-8H,1-3H2,(H,9,10)/t4-,5-/m0/s1. The summed E-state index contributed by atoms with van der Waals surface area (Å²) in [7, 11) is 0. The maximum Gasteiger partial charge on any atom is 0.404 e. The van der Waals surface area contributed by atoms with Gasteiger partial charge in [-0.1, -0.05) is 0 Å². The van der Waals surface area contributed by atoms with E-state index in [0.717, 1.165) is 6.42 Å². The molecule has 1 aliphatic carbocycles. The summed E-state index contributed by atoms with van der Waals surface area (Å²) in [5.41, 5.74) is 0. The van der Waals surface area contributed by atoms with E-state index in [1.165, 1.54) is 0 Å². The summed E-state index contributed by atoms with van der Waals surface area (Å²) in [6.07, 6.45) is -0.0276. The van der Waals surface area contributed by atoms with Gasteiger partial charge >= 0.3 is 6.09 Å². The predicted octanol–water partition coefficient (Wildman–Crippen LogP) is -0.118. The van der Waals surface area contributed by atoms with Gasteiger partial charge in [-0.25, -0.2) is 4.79 Å². The number of aliphatic hydroxyl groups excluding tert-OH is 1. The monoisotopic (exact) mass is 145 g/mol. The summed E-state index contributed by atoms with van der Waals surface area (Å²) >= 11 is 0. The molecule has 1 rings (SSSR count). The molecule has 0 radical (unpaired) electrons. The molecule has 0 bridgehead atoms. The summed E-state index contributed by atoms with van der Waals surface area (Å²) in [6.45, 7) is 0.673. The molecule has 0 saturated heterocycles. The third-order valence-corrected chi connectivity index (χ3v) is 1.82. The molecule has 58 valence electrons. The molecule has 0 heterocycles. The van der Waals surface area contributed by atoms with E-state index in [1.807, 2.05) is 0 Å². The molecule has 0 aromatic heterocycles. The van der Waals surface area contributed by atoms with Crippen molar-refractivity contribution >= 4 is 6.09 Å². The van der Waals surface area contributed by atoms with Gasteiger partial charge in [0.1, 0.15) is 0 Å². The second-order valence-corrected chi connectivity index (χ2v) is 2.62. The van der Waals surface area contributed by atoms with E-state index in [4.69, 9.17) is 10.2 Å². The van der Waals surface area contributed by atoms with Gasteiger partial charge < -0.3 is 15.5 Å². The first-order chi connectivity index (χ1) is 4.74. The van der Waals surface area contributed by atoms with Gasteiger partial charge in [-0.2, -0.15) is 0 Å². The van der Waals surface area contributed by atoms with Crippen LogP contribution in [0.25, 0.3) is 0 Å². The Morgan fingerprint density at radius 3 is 2.70 bits per heavy atom. The lowest BCUT2D eigenvalue weighted by Gasteiger charge is -1.96. The molecule has 3 N–H and O–H groups in total. The zero-order chi connectivity index (χ0) is 7.56. The summed E-state index contributed by atoms with van der Waals surface area (Å²) in [4.78, 5) is 9.95. The molecule has 2 atom stereocenters. The van der Waals surface area contributed by atoms with E-state index >= 15 is 0 Å². The average molecular weight is 145 g/mol. The van der Waals surface area contributed by atoms with E-state index < -0.39 is 6.09 Å². The quantitative estimate of drug-likeness (QED) is 0.518. The Balaban J connectivity index is 2.01. The van der Waals surface area contributed by atoms with Gasteiger partial charge in [0.25, 0.3) is 0 Å². The van der Waals surface area contributed by atoms with Crippen molar-refractivity contribution < 1.29 is 15.0 Å². The van der Waals surface area contributed by atoms with Crippen LogP contribution in [0.2, 0.25) is 0 Å². The van der Waals surface area contributed by atoms with Crippen molar-refractivity contribution in [2.75, 3.05) is 13.2 Å². The minimum atomic E-state index is -0.983. The van der Waals surface area contributed by atoms with Crippen molar-refractivity contribution in [3.8, 4) is 0 Å². The first-order valence-electron chi connectivity index (χ1n) is 3.31. The highest BCUT2D eigenvalue weighted by Gasteiger charge is 2.36. The van der Waals surface area contributed by atoms with Crippen molar-refractivity contribution in [2.45, 2.75) is 6.42 Å². The van der Waals surface area contributed by atoms with Gasteiger partial charge in [0, 0.05) is 13.2 Å². The van der Waals surface area contributed by atoms with Gasteiger partial charge in [0.2, 0.25) is 0 Å². The Hall–Kier alpha value is -0.770. The molecule has 0 aromatic carbocycles. The minimum Gasteiger partial charge on any atom is -0.465 e. The molecule has 0 aliphatic heterocycles. The molecular weight excluding hydrogens is 134 g/mol. The van der Waals surface area contributed by atoms with Gasteiger partial charge in [-0.3, -0.25) is 0 Å². The van der Waals surface area contributed by atoms with Crippen LogP contribution in [0.15, 0.2) is 0 Å². The van der Waals surface area contributed by atoms with Crippen LogP contribution in [0, 0.1) is 11.8 Å². The molecule has 0 unspecified atom stereocenters. The Kier molecular flexibility index (Phi) is 2.11. The van der Waals surface area contributed by atoms with Crippen LogP contribution in [-0.4, -0.2) is 29.5 Å². The number of carboxylic acid groups (broad SMARTS) is 1. The van der Waals surface area contributed by atoms with E-state index in [2.05, 4.69) is 5.32 Å². The smallest absolute Gasteiger partial charge is 0.404 e. The Morgan fingerprint density at radius 1 is 1.60 bits per heavy atom. The zero-order valence-corrected chi connectivity index (χ0v) is 5.58. The summed E-state index contributed by atoms with van der Waals surface area (Å²) < 4.78 is 0. The molecule has 0 spiro atoms. The molecule has 1 amide bonds. The van der Waals surface area contributed by atoms with Crippen LogP contribution >= 0.6 is 0 Å². The Morgan fingerprint density at radius 2 is 2.30 bits per heavy atom. The van der Waals surface area contributed by atoms with Crippen LogP contribution in [0.1, 0.15) is 6.42 Å². The highest BCUT2D eigenvalue weighted by atomic mass is 16.4. The number of nitrogens with one attached hydrogen (secondary N) is 1. The lowest BCUT2D eigenvalue weighted by Crippen LogP contribution is -2.23. The van der Waals surface area contributed by atoms with Crippen LogP contribution < -0.4 is 5.32 Å². The van der Waals surface area contributed by atoms with Gasteiger partial charge in [-0.05, 0) is 18.3 Å². The van der Waals surface area contributed by atoms with Crippen molar-refractivity contribution in [1.82, 2.24) is 5.32 Å². The maximum atomic E-state index is 9.95. The molecular formula is C6H11NO3. The molecule has 1 fully saturated rings. The number of hydrogen-bond donors (Lipinski definition) is 3. The highest BCUT2D eigenvalue weighted by Crippen LogP contribution is 2.36. The van der Waals surface area contributed by atoms with Crippen LogP contribution in [0.3, 0.4) is 0 Å². The number of carbonyl (C=O) groups is 1. The lowest BCUT2D eigenvalue weighted by molar-refractivity contribution is 0.193. The van der Waals surface area contributed by atoms with Crippen molar-refractivity contribution in [3.63, 3.8) is 0 Å². The number of rotatable bonds is 3.